The zero-order valence-electron chi connectivity index (χ0n) is 12.9. The van der Waals surface area contributed by atoms with Gasteiger partial charge in [0.25, 0.3) is 11.6 Å². The molecule has 1 heterocycles. The summed E-state index contributed by atoms with van der Waals surface area (Å²) >= 11 is 5.86. The number of carbonyl (C=O) groups excluding carboxylic acids is 2. The predicted molar refractivity (Wildman–Crippen MR) is 92.4 cm³/mol. The molecule has 0 aromatic heterocycles. The smallest absolute Gasteiger partial charge is 0.337 e. The van der Waals surface area contributed by atoms with Crippen molar-refractivity contribution < 1.29 is 19.2 Å². The van der Waals surface area contributed by atoms with Crippen LogP contribution in [0.3, 0.4) is 0 Å². The van der Waals surface area contributed by atoms with Gasteiger partial charge in [0.1, 0.15) is 5.02 Å². The zero-order valence-corrected chi connectivity index (χ0v) is 13.7. The molecule has 25 heavy (non-hydrogen) atoms. The molecular weight excluding hydrogens is 348 g/mol. The van der Waals surface area contributed by atoms with Gasteiger partial charge in [0.2, 0.25) is 0 Å². The molecule has 126 valence electrons. The minimum atomic E-state index is -0.603. The van der Waals surface area contributed by atoms with Crippen LogP contribution in [0.1, 0.15) is 21.5 Å². The summed E-state index contributed by atoms with van der Waals surface area (Å²) in [5.74, 6) is -0.850. The number of esters is 1. The molecule has 3 rings (SSSR count). The van der Waals surface area contributed by atoms with Gasteiger partial charge in [0, 0.05) is 17.2 Å². The van der Waals surface area contributed by atoms with Gasteiger partial charge in [-0.2, -0.15) is 0 Å². The van der Waals surface area contributed by atoms with Gasteiger partial charge in [0.15, 0.2) is 0 Å². The van der Waals surface area contributed by atoms with E-state index in [1.807, 2.05) is 0 Å². The van der Waals surface area contributed by atoms with E-state index in [0.717, 1.165) is 0 Å². The fraction of sp³-hybridized carbons (Fsp3) is 0.0588. The second-order valence-electron chi connectivity index (χ2n) is 5.23. The topological polar surface area (TPSA) is 98.5 Å². The molecule has 7 nitrogen and oxygen atoms in total. The average Bonchev–Trinajstić information content (AvgIpc) is 2.88. The quantitative estimate of drug-likeness (QED) is 0.391. The van der Waals surface area contributed by atoms with Crippen LogP contribution in [0, 0.1) is 10.1 Å². The molecule has 1 aliphatic heterocycles. The molecule has 1 N–H and O–H groups in total. The summed E-state index contributed by atoms with van der Waals surface area (Å²) in [5, 5.41) is 13.6. The highest BCUT2D eigenvalue weighted by Gasteiger charge is 2.28. The Hall–Kier alpha value is -3.19. The van der Waals surface area contributed by atoms with Crippen molar-refractivity contribution in [1.29, 1.82) is 0 Å². The summed E-state index contributed by atoms with van der Waals surface area (Å²) in [5.41, 5.74) is 1.85. The average molecular weight is 359 g/mol. The Morgan fingerprint density at radius 2 is 1.96 bits per heavy atom. The standard InChI is InChI=1S/C17H11ClN2O5/c1-25-17(22)10-4-2-9(3-5-10)6-12-11-7-15(20(23)24)13(18)8-14(11)19-16(12)21/h2-8H,1H3,(H,19,21)/b12-6+. The van der Waals surface area contributed by atoms with Gasteiger partial charge in [-0.1, -0.05) is 23.7 Å². The van der Waals surface area contributed by atoms with Crippen LogP contribution in [0.25, 0.3) is 11.6 Å². The molecule has 8 heteroatoms. The fourth-order valence-corrected chi connectivity index (χ4v) is 2.72. The third kappa shape index (κ3) is 3.09. The number of hydrogen-bond acceptors (Lipinski definition) is 5. The number of carbonyl (C=O) groups is 2. The first-order valence-corrected chi connectivity index (χ1v) is 7.48. The monoisotopic (exact) mass is 358 g/mol. The first-order chi connectivity index (χ1) is 11.9. The first kappa shape index (κ1) is 16.7. The van der Waals surface area contributed by atoms with Crippen LogP contribution in [-0.4, -0.2) is 23.9 Å². The van der Waals surface area contributed by atoms with Crippen molar-refractivity contribution in [3.05, 3.63) is 68.2 Å². The molecule has 0 fully saturated rings. The van der Waals surface area contributed by atoms with Gasteiger partial charge < -0.3 is 10.1 Å². The highest BCUT2D eigenvalue weighted by molar-refractivity contribution is 6.37. The maximum atomic E-state index is 12.2. The molecule has 2 aromatic carbocycles. The number of nitro benzene ring substituents is 1. The van der Waals surface area contributed by atoms with E-state index in [1.54, 1.807) is 30.3 Å². The number of rotatable bonds is 3. The summed E-state index contributed by atoms with van der Waals surface area (Å²) in [6.45, 7) is 0. The van der Waals surface area contributed by atoms with Crippen molar-refractivity contribution >= 4 is 46.5 Å². The number of nitro groups is 1. The Labute approximate surface area is 147 Å². The minimum absolute atomic E-state index is 0.0484. The maximum Gasteiger partial charge on any atom is 0.337 e. The summed E-state index contributed by atoms with van der Waals surface area (Å²) in [4.78, 5) is 34.1. The number of halogens is 1. The molecule has 0 aliphatic carbocycles. The Morgan fingerprint density at radius 1 is 1.28 bits per heavy atom. The molecule has 0 bridgehead atoms. The van der Waals surface area contributed by atoms with Crippen LogP contribution in [0.2, 0.25) is 5.02 Å². The van der Waals surface area contributed by atoms with Gasteiger partial charge in [-0.05, 0) is 29.8 Å². The second-order valence-corrected chi connectivity index (χ2v) is 5.64. The number of anilines is 1. The Balaban J connectivity index is 2.03. The van der Waals surface area contributed by atoms with Gasteiger partial charge in [-0.15, -0.1) is 0 Å². The lowest BCUT2D eigenvalue weighted by molar-refractivity contribution is -0.384. The number of amides is 1. The molecule has 0 saturated carbocycles. The summed E-state index contributed by atoms with van der Waals surface area (Å²) in [6.07, 6.45) is 1.58. The summed E-state index contributed by atoms with van der Waals surface area (Å²) < 4.78 is 4.63. The molecule has 1 aliphatic rings. The van der Waals surface area contributed by atoms with Crippen LogP contribution in [-0.2, 0) is 9.53 Å². The van der Waals surface area contributed by atoms with E-state index in [1.165, 1.54) is 19.2 Å². The number of hydrogen-bond donors (Lipinski definition) is 1. The summed E-state index contributed by atoms with van der Waals surface area (Å²) in [6, 6.07) is 9.05. The van der Waals surface area contributed by atoms with Crippen molar-refractivity contribution in [1.82, 2.24) is 0 Å². The SMILES string of the molecule is COC(=O)c1ccc(/C=C2/C(=O)Nc3cc(Cl)c([N+](=O)[O-])cc32)cc1. The third-order valence-corrected chi connectivity index (χ3v) is 4.01. The number of nitrogens with zero attached hydrogens (tertiary/aromatic N) is 1. The highest BCUT2D eigenvalue weighted by atomic mass is 35.5. The van der Waals surface area contributed by atoms with Gasteiger partial charge in [-0.25, -0.2) is 4.79 Å². The predicted octanol–water partition coefficient (Wildman–Crippen LogP) is 3.53. The maximum absolute atomic E-state index is 12.2. The van der Waals surface area contributed by atoms with Gasteiger partial charge in [-0.3, -0.25) is 14.9 Å². The number of ether oxygens (including phenoxy) is 1. The molecule has 1 amide bonds. The van der Waals surface area contributed by atoms with E-state index in [2.05, 4.69) is 10.1 Å². The zero-order chi connectivity index (χ0) is 18.1. The molecule has 0 saturated heterocycles. The highest BCUT2D eigenvalue weighted by Crippen LogP contribution is 2.39. The molecular formula is C17H11ClN2O5. The Bertz CT molecular complexity index is 935. The molecule has 0 atom stereocenters. The van der Waals surface area contributed by atoms with Crippen LogP contribution in [0.5, 0.6) is 0 Å². The number of nitrogens with one attached hydrogen (secondary N) is 1. The lowest BCUT2D eigenvalue weighted by atomic mass is 10.0. The van der Waals surface area contributed by atoms with Gasteiger partial charge >= 0.3 is 5.97 Å². The lowest BCUT2D eigenvalue weighted by Crippen LogP contribution is -2.03. The van der Waals surface area contributed by atoms with Crippen LogP contribution in [0.15, 0.2) is 36.4 Å². The van der Waals surface area contributed by atoms with E-state index in [-0.39, 0.29) is 22.2 Å². The molecule has 0 spiro atoms. The summed E-state index contributed by atoms with van der Waals surface area (Å²) in [7, 11) is 1.29. The van der Waals surface area contributed by atoms with E-state index in [9.17, 15) is 19.7 Å². The first-order valence-electron chi connectivity index (χ1n) is 7.10. The number of benzene rings is 2. The van der Waals surface area contributed by atoms with Crippen LogP contribution in [0.4, 0.5) is 11.4 Å². The van der Waals surface area contributed by atoms with Crippen LogP contribution >= 0.6 is 11.6 Å². The fourth-order valence-electron chi connectivity index (χ4n) is 2.48. The molecule has 2 aromatic rings. The van der Waals surface area contributed by atoms with Crippen molar-refractivity contribution in [3.8, 4) is 0 Å². The minimum Gasteiger partial charge on any atom is -0.465 e. The van der Waals surface area contributed by atoms with Crippen molar-refractivity contribution in [2.75, 3.05) is 12.4 Å². The largest absolute Gasteiger partial charge is 0.465 e. The normalized spacial score (nSPS) is 14.2. The number of fused-ring (bicyclic) bond motifs is 1. The van der Waals surface area contributed by atoms with E-state index >= 15 is 0 Å². The van der Waals surface area contributed by atoms with Crippen LogP contribution < -0.4 is 5.32 Å². The Kier molecular flexibility index (Phi) is 4.24. The van der Waals surface area contributed by atoms with Crippen molar-refractivity contribution in [2.24, 2.45) is 0 Å². The molecule has 0 unspecified atom stereocenters. The van der Waals surface area contributed by atoms with E-state index in [4.69, 9.17) is 11.6 Å². The van der Waals surface area contributed by atoms with E-state index < -0.39 is 10.9 Å². The van der Waals surface area contributed by atoms with Gasteiger partial charge in [0.05, 0.1) is 23.3 Å². The van der Waals surface area contributed by atoms with Crippen molar-refractivity contribution in [2.45, 2.75) is 0 Å². The third-order valence-electron chi connectivity index (χ3n) is 3.71. The lowest BCUT2D eigenvalue weighted by Gasteiger charge is -2.02. The second kappa shape index (κ2) is 6.37. The van der Waals surface area contributed by atoms with E-state index in [0.29, 0.717) is 22.4 Å². The van der Waals surface area contributed by atoms with Crippen molar-refractivity contribution in [3.63, 3.8) is 0 Å². The Morgan fingerprint density at radius 3 is 2.56 bits per heavy atom. The molecule has 0 radical (unpaired) electrons. The number of methoxy groups -OCH3 is 1.